The topological polar surface area (TPSA) is 53.9 Å². The molecule has 0 saturated carbocycles. The average Bonchev–Trinajstić information content (AvgIpc) is 3.16. The van der Waals surface area contributed by atoms with E-state index in [-0.39, 0.29) is 5.82 Å². The molecule has 0 radical (unpaired) electrons. The Morgan fingerprint density at radius 3 is 2.77 bits per heavy atom. The van der Waals surface area contributed by atoms with E-state index in [1.807, 2.05) is 30.3 Å². The Morgan fingerprint density at radius 1 is 1.08 bits per heavy atom. The van der Waals surface area contributed by atoms with Gasteiger partial charge in [0, 0.05) is 43.8 Å². The Kier molecular flexibility index (Phi) is 4.73. The predicted molar refractivity (Wildman–Crippen MR) is 100 cm³/mol. The molecule has 26 heavy (non-hydrogen) atoms. The molecule has 1 aliphatic heterocycles. The van der Waals surface area contributed by atoms with Crippen molar-refractivity contribution in [2.75, 3.05) is 29.9 Å². The molecule has 3 aromatic rings. The van der Waals surface area contributed by atoms with E-state index in [1.165, 1.54) is 6.07 Å². The van der Waals surface area contributed by atoms with E-state index >= 15 is 0 Å². The maximum atomic E-state index is 13.9. The molecule has 3 heterocycles. The number of rotatable bonds is 5. The highest BCUT2D eigenvalue weighted by Crippen LogP contribution is 2.26. The monoisotopic (exact) mass is 349 g/mol. The molecule has 0 spiro atoms. The minimum Gasteiger partial charge on any atom is -0.369 e. The van der Waals surface area contributed by atoms with Gasteiger partial charge in [-0.3, -0.25) is 4.98 Å². The largest absolute Gasteiger partial charge is 0.369 e. The number of nitrogens with one attached hydrogen (secondary N) is 1. The Balaban J connectivity index is 1.37. The second kappa shape index (κ2) is 7.47. The van der Waals surface area contributed by atoms with Gasteiger partial charge in [-0.15, -0.1) is 0 Å². The van der Waals surface area contributed by atoms with E-state index in [9.17, 15) is 4.39 Å². The molecule has 4 rings (SSSR count). The Hall–Kier alpha value is -3.02. The molecule has 1 N–H and O–H groups in total. The summed E-state index contributed by atoms with van der Waals surface area (Å²) in [6, 6.07) is 12.7. The van der Waals surface area contributed by atoms with Crippen LogP contribution in [-0.2, 0) is 0 Å². The summed E-state index contributed by atoms with van der Waals surface area (Å²) in [5.74, 6) is 0.890. The molecular weight excluding hydrogens is 329 g/mol. The van der Waals surface area contributed by atoms with Crippen LogP contribution in [0.5, 0.6) is 0 Å². The quantitative estimate of drug-likeness (QED) is 0.762. The van der Waals surface area contributed by atoms with E-state index in [0.717, 1.165) is 37.3 Å². The average molecular weight is 349 g/mol. The number of halogens is 1. The fourth-order valence-corrected chi connectivity index (χ4v) is 3.29. The molecule has 6 heteroatoms. The number of anilines is 2. The molecule has 1 aliphatic rings. The van der Waals surface area contributed by atoms with Gasteiger partial charge in [-0.05, 0) is 42.7 Å². The van der Waals surface area contributed by atoms with Gasteiger partial charge < -0.3 is 10.2 Å². The highest BCUT2D eigenvalue weighted by atomic mass is 19.1. The second-order valence-electron chi connectivity index (χ2n) is 6.43. The third-order valence-electron chi connectivity index (χ3n) is 4.66. The minimum absolute atomic E-state index is 0.158. The summed E-state index contributed by atoms with van der Waals surface area (Å²) < 4.78 is 13.9. The smallest absolute Gasteiger partial charge is 0.223 e. The zero-order valence-corrected chi connectivity index (χ0v) is 14.3. The van der Waals surface area contributed by atoms with Crippen molar-refractivity contribution in [3.63, 3.8) is 0 Å². The molecular formula is C20H20FN5. The number of para-hydroxylation sites is 1. The number of aromatic nitrogens is 3. The molecule has 0 amide bonds. The van der Waals surface area contributed by atoms with E-state index in [4.69, 9.17) is 0 Å². The first kappa shape index (κ1) is 16.4. The predicted octanol–water partition coefficient (Wildman–Crippen LogP) is 3.62. The van der Waals surface area contributed by atoms with Crippen LogP contribution in [-0.4, -0.2) is 34.6 Å². The molecule has 0 aliphatic carbocycles. The molecule has 1 saturated heterocycles. The van der Waals surface area contributed by atoms with Gasteiger partial charge in [-0.25, -0.2) is 14.4 Å². The van der Waals surface area contributed by atoms with Crippen molar-refractivity contribution in [3.05, 3.63) is 66.9 Å². The van der Waals surface area contributed by atoms with Crippen molar-refractivity contribution in [2.45, 2.75) is 6.42 Å². The van der Waals surface area contributed by atoms with Gasteiger partial charge in [-0.1, -0.05) is 12.1 Å². The normalized spacial score (nSPS) is 16.7. The molecule has 0 unspecified atom stereocenters. The van der Waals surface area contributed by atoms with Gasteiger partial charge in [0.25, 0.3) is 0 Å². The zero-order chi connectivity index (χ0) is 17.8. The summed E-state index contributed by atoms with van der Waals surface area (Å²) in [7, 11) is 0. The number of hydrogen-bond acceptors (Lipinski definition) is 5. The van der Waals surface area contributed by atoms with Crippen LogP contribution >= 0.6 is 0 Å². The van der Waals surface area contributed by atoms with Crippen molar-refractivity contribution in [2.24, 2.45) is 5.92 Å². The lowest BCUT2D eigenvalue weighted by Crippen LogP contribution is -2.23. The Labute approximate surface area is 151 Å². The fraction of sp³-hybridized carbons (Fsp3) is 0.250. The third kappa shape index (κ3) is 3.64. The first-order valence-corrected chi connectivity index (χ1v) is 8.76. The van der Waals surface area contributed by atoms with E-state index in [1.54, 1.807) is 24.7 Å². The van der Waals surface area contributed by atoms with Crippen LogP contribution < -0.4 is 10.2 Å². The summed E-state index contributed by atoms with van der Waals surface area (Å²) >= 11 is 0. The van der Waals surface area contributed by atoms with Crippen molar-refractivity contribution >= 4 is 11.6 Å². The first-order valence-electron chi connectivity index (χ1n) is 8.76. The van der Waals surface area contributed by atoms with E-state index in [2.05, 4.69) is 25.2 Å². The maximum absolute atomic E-state index is 13.9. The SMILES string of the molecule is Fc1ccccc1N1CC[C@@H](CNc2nccc(-c3ccncc3)n2)C1. The number of benzene rings is 1. The van der Waals surface area contributed by atoms with Crippen molar-refractivity contribution < 1.29 is 4.39 Å². The van der Waals surface area contributed by atoms with Crippen molar-refractivity contribution in [3.8, 4) is 11.3 Å². The van der Waals surface area contributed by atoms with Gasteiger partial charge in [-0.2, -0.15) is 0 Å². The number of pyridine rings is 1. The van der Waals surface area contributed by atoms with Gasteiger partial charge >= 0.3 is 0 Å². The minimum atomic E-state index is -0.158. The molecule has 1 atom stereocenters. The van der Waals surface area contributed by atoms with Crippen LogP contribution in [0.4, 0.5) is 16.0 Å². The lowest BCUT2D eigenvalue weighted by Gasteiger charge is -2.19. The molecule has 2 aromatic heterocycles. The van der Waals surface area contributed by atoms with Gasteiger partial charge in [0.05, 0.1) is 11.4 Å². The number of nitrogens with zero attached hydrogens (tertiary/aromatic N) is 4. The van der Waals surface area contributed by atoms with Crippen LogP contribution in [0, 0.1) is 11.7 Å². The van der Waals surface area contributed by atoms with Gasteiger partial charge in [0.15, 0.2) is 0 Å². The Bertz CT molecular complexity index is 871. The summed E-state index contributed by atoms with van der Waals surface area (Å²) in [4.78, 5) is 15.0. The summed E-state index contributed by atoms with van der Waals surface area (Å²) in [6.45, 7) is 2.47. The third-order valence-corrected chi connectivity index (χ3v) is 4.66. The Morgan fingerprint density at radius 2 is 1.92 bits per heavy atom. The van der Waals surface area contributed by atoms with E-state index < -0.39 is 0 Å². The van der Waals surface area contributed by atoms with Crippen molar-refractivity contribution in [1.29, 1.82) is 0 Å². The van der Waals surface area contributed by atoms with Crippen molar-refractivity contribution in [1.82, 2.24) is 15.0 Å². The summed E-state index contributed by atoms with van der Waals surface area (Å²) in [6.07, 6.45) is 6.28. The van der Waals surface area contributed by atoms with Gasteiger partial charge in [0.1, 0.15) is 5.82 Å². The standard InChI is InChI=1S/C20H20FN5/c21-17-3-1-2-4-19(17)26-12-8-15(14-26)13-24-20-23-11-7-18(25-20)16-5-9-22-10-6-16/h1-7,9-11,15H,8,12-14H2,(H,23,24,25)/t15-/m0/s1. The summed E-state index contributed by atoms with van der Waals surface area (Å²) in [5, 5.41) is 3.33. The molecule has 5 nitrogen and oxygen atoms in total. The zero-order valence-electron chi connectivity index (χ0n) is 14.3. The van der Waals surface area contributed by atoms with Crippen LogP contribution in [0.25, 0.3) is 11.3 Å². The molecule has 1 aromatic carbocycles. The second-order valence-corrected chi connectivity index (χ2v) is 6.43. The van der Waals surface area contributed by atoms with Crippen LogP contribution in [0.15, 0.2) is 61.1 Å². The number of hydrogen-bond donors (Lipinski definition) is 1. The van der Waals surface area contributed by atoms with Gasteiger partial charge in [0.2, 0.25) is 5.95 Å². The highest BCUT2D eigenvalue weighted by Gasteiger charge is 2.24. The first-order chi connectivity index (χ1) is 12.8. The molecule has 0 bridgehead atoms. The maximum Gasteiger partial charge on any atom is 0.223 e. The summed E-state index contributed by atoms with van der Waals surface area (Å²) in [5.41, 5.74) is 2.56. The lowest BCUT2D eigenvalue weighted by atomic mass is 10.1. The van der Waals surface area contributed by atoms with E-state index in [0.29, 0.717) is 17.6 Å². The van der Waals surface area contributed by atoms with Crippen LogP contribution in [0.3, 0.4) is 0 Å². The molecule has 1 fully saturated rings. The molecule has 132 valence electrons. The highest BCUT2D eigenvalue weighted by molar-refractivity contribution is 5.59. The van der Waals surface area contributed by atoms with Crippen LogP contribution in [0.1, 0.15) is 6.42 Å². The lowest BCUT2D eigenvalue weighted by molar-refractivity contribution is 0.609. The fourth-order valence-electron chi connectivity index (χ4n) is 3.29. The van der Waals surface area contributed by atoms with Crippen LogP contribution in [0.2, 0.25) is 0 Å².